The second-order valence-electron chi connectivity index (χ2n) is 7.59. The molecular formula is C18H22N4O2. The molecule has 5 rings (SSSR count). The van der Waals surface area contributed by atoms with Crippen molar-refractivity contribution in [2.45, 2.75) is 31.7 Å². The average molecular weight is 326 g/mol. The van der Waals surface area contributed by atoms with E-state index in [9.17, 15) is 0 Å². The minimum Gasteiger partial charge on any atom is -0.425 e. The Kier molecular flexibility index (Phi) is 3.41. The molecule has 0 unspecified atom stereocenters. The maximum Gasteiger partial charge on any atom is 0.219 e. The summed E-state index contributed by atoms with van der Waals surface area (Å²) in [6, 6.07) is 4.15. The number of nitrogens with zero attached hydrogens (tertiary/aromatic N) is 4. The molecule has 2 aliphatic heterocycles. The molecule has 0 radical (unpaired) electrons. The first-order valence-electron chi connectivity index (χ1n) is 8.82. The molecule has 1 saturated carbocycles. The van der Waals surface area contributed by atoms with Crippen molar-refractivity contribution < 1.29 is 9.15 Å². The van der Waals surface area contributed by atoms with Gasteiger partial charge in [-0.3, -0.25) is 9.88 Å². The zero-order valence-corrected chi connectivity index (χ0v) is 13.7. The Hall–Kier alpha value is -1.79. The van der Waals surface area contributed by atoms with E-state index in [-0.39, 0.29) is 5.41 Å². The van der Waals surface area contributed by atoms with Crippen molar-refractivity contribution in [3.8, 4) is 0 Å². The van der Waals surface area contributed by atoms with Crippen molar-refractivity contribution >= 4 is 0 Å². The molecule has 0 bridgehead atoms. The molecule has 4 heterocycles. The molecule has 3 fully saturated rings. The topological polar surface area (TPSA) is 64.3 Å². The van der Waals surface area contributed by atoms with E-state index in [1.807, 2.05) is 18.5 Å². The second-order valence-corrected chi connectivity index (χ2v) is 7.59. The van der Waals surface area contributed by atoms with Crippen molar-refractivity contribution in [1.82, 2.24) is 20.1 Å². The monoisotopic (exact) mass is 326 g/mol. The quantitative estimate of drug-likeness (QED) is 0.838. The van der Waals surface area contributed by atoms with Crippen molar-refractivity contribution in [2.24, 2.45) is 11.3 Å². The molecule has 3 aliphatic rings. The lowest BCUT2D eigenvalue weighted by Gasteiger charge is -2.25. The van der Waals surface area contributed by atoms with Gasteiger partial charge in [0, 0.05) is 55.7 Å². The molecule has 2 aromatic rings. The smallest absolute Gasteiger partial charge is 0.219 e. The SMILES string of the molecule is c1cncc(CN2C[C@H]3COC[C@@]3(Cc3nnc(C4CC4)o3)C2)c1. The van der Waals surface area contributed by atoms with Gasteiger partial charge in [0.1, 0.15) is 0 Å². The molecule has 2 saturated heterocycles. The van der Waals surface area contributed by atoms with Crippen LogP contribution in [0.1, 0.15) is 36.1 Å². The molecule has 126 valence electrons. The fraction of sp³-hybridized carbons (Fsp3) is 0.611. The van der Waals surface area contributed by atoms with Gasteiger partial charge in [-0.2, -0.15) is 0 Å². The van der Waals surface area contributed by atoms with Crippen LogP contribution >= 0.6 is 0 Å². The van der Waals surface area contributed by atoms with Gasteiger partial charge in [0.15, 0.2) is 0 Å². The highest BCUT2D eigenvalue weighted by molar-refractivity contribution is 5.11. The van der Waals surface area contributed by atoms with E-state index in [0.717, 1.165) is 51.1 Å². The van der Waals surface area contributed by atoms with E-state index in [2.05, 4.69) is 26.1 Å². The second kappa shape index (κ2) is 5.63. The van der Waals surface area contributed by atoms with Crippen molar-refractivity contribution in [3.05, 3.63) is 41.9 Å². The van der Waals surface area contributed by atoms with Gasteiger partial charge >= 0.3 is 0 Å². The Balaban J connectivity index is 1.31. The van der Waals surface area contributed by atoms with Crippen LogP contribution < -0.4 is 0 Å². The predicted octanol–water partition coefficient (Wildman–Crippen LogP) is 2.03. The minimum absolute atomic E-state index is 0.121. The number of hydrogen-bond acceptors (Lipinski definition) is 6. The maximum atomic E-state index is 5.92. The van der Waals surface area contributed by atoms with E-state index < -0.39 is 0 Å². The van der Waals surface area contributed by atoms with Gasteiger partial charge < -0.3 is 9.15 Å². The standard InChI is InChI=1S/C18H22N4O2/c1-2-13(7-19-5-1)8-22-9-15-10-23-12-18(15,11-22)6-16-20-21-17(24-16)14-3-4-14/h1-2,5,7,14-15H,3-4,6,8-12H2/t15-,18+/m0/s1. The third-order valence-corrected chi connectivity index (χ3v) is 5.63. The Morgan fingerprint density at radius 3 is 3.08 bits per heavy atom. The van der Waals surface area contributed by atoms with Crippen LogP contribution in [0.25, 0.3) is 0 Å². The molecule has 0 spiro atoms. The lowest BCUT2D eigenvalue weighted by Crippen LogP contribution is -2.33. The summed E-state index contributed by atoms with van der Waals surface area (Å²) in [6.45, 7) is 4.67. The van der Waals surface area contributed by atoms with Crippen molar-refractivity contribution in [2.75, 3.05) is 26.3 Å². The molecular weight excluding hydrogens is 304 g/mol. The van der Waals surface area contributed by atoms with Crippen LogP contribution in [0.4, 0.5) is 0 Å². The van der Waals surface area contributed by atoms with E-state index in [1.165, 1.54) is 18.4 Å². The Morgan fingerprint density at radius 2 is 2.25 bits per heavy atom. The minimum atomic E-state index is 0.121. The number of rotatable bonds is 5. The van der Waals surface area contributed by atoms with E-state index in [0.29, 0.717) is 11.8 Å². The molecule has 2 atom stereocenters. The van der Waals surface area contributed by atoms with Crippen LogP contribution in [-0.4, -0.2) is 46.4 Å². The van der Waals surface area contributed by atoms with Gasteiger partial charge in [0.2, 0.25) is 11.8 Å². The predicted molar refractivity (Wildman–Crippen MR) is 86.2 cm³/mol. The Labute approximate surface area is 141 Å². The summed E-state index contributed by atoms with van der Waals surface area (Å²) >= 11 is 0. The zero-order valence-electron chi connectivity index (χ0n) is 13.7. The highest BCUT2D eigenvalue weighted by Gasteiger charge is 2.51. The van der Waals surface area contributed by atoms with Gasteiger partial charge in [0.05, 0.1) is 13.2 Å². The highest BCUT2D eigenvalue weighted by atomic mass is 16.5. The summed E-state index contributed by atoms with van der Waals surface area (Å²) in [5, 5.41) is 8.54. The first-order valence-corrected chi connectivity index (χ1v) is 8.82. The summed E-state index contributed by atoms with van der Waals surface area (Å²) in [4.78, 5) is 6.74. The number of fused-ring (bicyclic) bond motifs is 1. The van der Waals surface area contributed by atoms with Gasteiger partial charge in [-0.15, -0.1) is 10.2 Å². The van der Waals surface area contributed by atoms with Crippen LogP contribution in [0, 0.1) is 11.3 Å². The van der Waals surface area contributed by atoms with Gasteiger partial charge in [-0.25, -0.2) is 0 Å². The lowest BCUT2D eigenvalue weighted by molar-refractivity contribution is 0.123. The summed E-state index contributed by atoms with van der Waals surface area (Å²) in [5.74, 6) is 2.69. The molecule has 24 heavy (non-hydrogen) atoms. The largest absolute Gasteiger partial charge is 0.425 e. The fourth-order valence-corrected chi connectivity index (χ4v) is 4.20. The Bertz CT molecular complexity index is 715. The summed E-state index contributed by atoms with van der Waals surface area (Å²) < 4.78 is 11.7. The van der Waals surface area contributed by atoms with Gasteiger partial charge in [-0.1, -0.05) is 6.07 Å². The van der Waals surface area contributed by atoms with Crippen molar-refractivity contribution in [3.63, 3.8) is 0 Å². The molecule has 0 aromatic carbocycles. The molecule has 6 heteroatoms. The Morgan fingerprint density at radius 1 is 1.29 bits per heavy atom. The number of hydrogen-bond donors (Lipinski definition) is 0. The average Bonchev–Trinajstić information content (AvgIpc) is 3.09. The van der Waals surface area contributed by atoms with E-state index in [4.69, 9.17) is 9.15 Å². The maximum absolute atomic E-state index is 5.92. The molecule has 0 amide bonds. The lowest BCUT2D eigenvalue weighted by atomic mass is 9.78. The highest BCUT2D eigenvalue weighted by Crippen LogP contribution is 2.45. The van der Waals surface area contributed by atoms with Crippen LogP contribution in [0.15, 0.2) is 28.9 Å². The molecule has 0 N–H and O–H groups in total. The van der Waals surface area contributed by atoms with Crippen molar-refractivity contribution in [1.29, 1.82) is 0 Å². The third kappa shape index (κ3) is 2.63. The first-order chi connectivity index (χ1) is 11.8. The zero-order chi connectivity index (χ0) is 16.0. The molecule has 6 nitrogen and oxygen atoms in total. The normalized spacial score (nSPS) is 29.9. The number of aromatic nitrogens is 3. The van der Waals surface area contributed by atoms with Crippen LogP contribution in [-0.2, 0) is 17.7 Å². The van der Waals surface area contributed by atoms with Crippen LogP contribution in [0.3, 0.4) is 0 Å². The third-order valence-electron chi connectivity index (χ3n) is 5.63. The van der Waals surface area contributed by atoms with Crippen LogP contribution in [0.2, 0.25) is 0 Å². The van der Waals surface area contributed by atoms with Gasteiger partial charge in [0.25, 0.3) is 0 Å². The summed E-state index contributed by atoms with van der Waals surface area (Å²) in [6.07, 6.45) is 7.00. The fourth-order valence-electron chi connectivity index (χ4n) is 4.20. The number of pyridine rings is 1. The number of ether oxygens (including phenoxy) is 1. The van der Waals surface area contributed by atoms with Gasteiger partial charge in [-0.05, 0) is 24.5 Å². The summed E-state index contributed by atoms with van der Waals surface area (Å²) in [7, 11) is 0. The van der Waals surface area contributed by atoms with E-state index >= 15 is 0 Å². The first kappa shape index (κ1) is 14.5. The molecule has 2 aromatic heterocycles. The van der Waals surface area contributed by atoms with Crippen LogP contribution in [0.5, 0.6) is 0 Å². The van der Waals surface area contributed by atoms with E-state index in [1.54, 1.807) is 0 Å². The molecule has 1 aliphatic carbocycles. The number of likely N-dealkylation sites (tertiary alicyclic amines) is 1. The summed E-state index contributed by atoms with van der Waals surface area (Å²) in [5.41, 5.74) is 1.39.